The Kier molecular flexibility index (Phi) is 5.87. The molecule has 1 saturated heterocycles. The normalized spacial score (nSPS) is 19.9. The van der Waals surface area contributed by atoms with Crippen LogP contribution in [-0.2, 0) is 13.5 Å². The van der Waals surface area contributed by atoms with Gasteiger partial charge in [-0.1, -0.05) is 36.0 Å². The number of nitrogen functional groups attached to an aromatic ring is 1. The second kappa shape index (κ2) is 8.72. The van der Waals surface area contributed by atoms with Crippen LogP contribution in [0.25, 0.3) is 0 Å². The molecule has 0 saturated carbocycles. The summed E-state index contributed by atoms with van der Waals surface area (Å²) in [5, 5.41) is 11.0. The van der Waals surface area contributed by atoms with Gasteiger partial charge in [-0.25, -0.2) is 9.97 Å². The maximum Gasteiger partial charge on any atom is 0.251 e. The quantitative estimate of drug-likeness (QED) is 0.523. The summed E-state index contributed by atoms with van der Waals surface area (Å²) in [6, 6.07) is 11.9. The molecule has 1 aliphatic heterocycles. The Hall–Kier alpha value is -2.88. The smallest absolute Gasteiger partial charge is 0.251 e. The number of hydrogen-bond acceptors (Lipinski definition) is 8. The second-order valence-electron chi connectivity index (χ2n) is 9.42. The SMILES string of the molecule is CC(O)c1nc(Sc2ccn(C)c(=O)c2)c(N)nc1N1CCC2(CC1)Cc1ccccc1[C@H]2N. The maximum atomic E-state index is 12.0. The third-order valence-electron chi connectivity index (χ3n) is 7.23. The van der Waals surface area contributed by atoms with E-state index in [1.165, 1.54) is 33.5 Å². The van der Waals surface area contributed by atoms with Crippen LogP contribution in [0.5, 0.6) is 0 Å². The van der Waals surface area contributed by atoms with Gasteiger partial charge in [0.2, 0.25) is 0 Å². The average molecular weight is 479 g/mol. The maximum absolute atomic E-state index is 12.0. The first-order valence-electron chi connectivity index (χ1n) is 11.6. The Morgan fingerprint density at radius 3 is 2.62 bits per heavy atom. The zero-order valence-corrected chi connectivity index (χ0v) is 20.3. The first kappa shape index (κ1) is 22.9. The molecule has 9 heteroatoms. The van der Waals surface area contributed by atoms with Crippen LogP contribution in [0.2, 0.25) is 0 Å². The van der Waals surface area contributed by atoms with Gasteiger partial charge in [-0.15, -0.1) is 0 Å². The van der Waals surface area contributed by atoms with E-state index in [2.05, 4.69) is 39.1 Å². The fourth-order valence-electron chi connectivity index (χ4n) is 5.20. The molecule has 1 unspecified atom stereocenters. The van der Waals surface area contributed by atoms with Crippen molar-refractivity contribution in [2.24, 2.45) is 18.2 Å². The molecular weight excluding hydrogens is 448 g/mol. The van der Waals surface area contributed by atoms with Gasteiger partial charge in [0, 0.05) is 43.3 Å². The van der Waals surface area contributed by atoms with E-state index >= 15 is 0 Å². The molecule has 8 nitrogen and oxygen atoms in total. The summed E-state index contributed by atoms with van der Waals surface area (Å²) in [4.78, 5) is 24.2. The number of nitrogens with two attached hydrogens (primary N) is 2. The number of benzene rings is 1. The van der Waals surface area contributed by atoms with Gasteiger partial charge < -0.3 is 26.0 Å². The summed E-state index contributed by atoms with van der Waals surface area (Å²) >= 11 is 1.27. The predicted molar refractivity (Wildman–Crippen MR) is 134 cm³/mol. The lowest BCUT2D eigenvalue weighted by atomic mass is 9.73. The molecule has 0 bridgehead atoms. The molecule has 2 atom stereocenters. The van der Waals surface area contributed by atoms with E-state index in [-0.39, 0.29) is 22.8 Å². The number of anilines is 2. The van der Waals surface area contributed by atoms with E-state index in [9.17, 15) is 9.90 Å². The van der Waals surface area contributed by atoms with Gasteiger partial charge in [0.25, 0.3) is 5.56 Å². The number of aliphatic hydroxyl groups excluding tert-OH is 1. The minimum absolute atomic E-state index is 0.0376. The molecular formula is C25H30N6O2S. The summed E-state index contributed by atoms with van der Waals surface area (Å²) in [5.74, 6) is 0.912. The van der Waals surface area contributed by atoms with Gasteiger partial charge in [-0.2, -0.15) is 0 Å². The molecule has 1 aromatic carbocycles. The molecule has 3 heterocycles. The molecule has 5 N–H and O–H groups in total. The molecule has 178 valence electrons. The van der Waals surface area contributed by atoms with Crippen LogP contribution < -0.4 is 21.9 Å². The highest BCUT2D eigenvalue weighted by Crippen LogP contribution is 2.51. The molecule has 0 amide bonds. The first-order valence-corrected chi connectivity index (χ1v) is 12.4. The summed E-state index contributed by atoms with van der Waals surface area (Å²) in [6.07, 6.45) is 3.77. The van der Waals surface area contributed by atoms with Crippen molar-refractivity contribution in [3.8, 4) is 0 Å². The number of aromatic nitrogens is 3. The van der Waals surface area contributed by atoms with Gasteiger partial charge in [0.1, 0.15) is 10.7 Å². The molecule has 2 aromatic heterocycles. The molecule has 2 aliphatic rings. The number of nitrogens with zero attached hydrogens (tertiary/aromatic N) is 4. The standard InChI is InChI=1S/C25H30N6O2S/c1-15(32)20-23(29-22(27)24(28-20)34-17-7-10-30(2)19(33)13-17)31-11-8-25(9-12-31)14-16-5-3-4-6-18(16)21(25)26/h3-7,10,13,15,21,32H,8-9,11-12,14,26H2,1-2H3,(H2,27,29)/t15?,21-/m1/s1. The number of pyridine rings is 1. The Morgan fingerprint density at radius 2 is 1.94 bits per heavy atom. The van der Waals surface area contributed by atoms with Crippen molar-refractivity contribution in [3.63, 3.8) is 0 Å². The van der Waals surface area contributed by atoms with Gasteiger partial charge >= 0.3 is 0 Å². The molecule has 1 aliphatic carbocycles. The van der Waals surface area contributed by atoms with Crippen molar-refractivity contribution in [2.75, 3.05) is 23.7 Å². The summed E-state index contributed by atoms with van der Waals surface area (Å²) < 4.78 is 1.50. The molecule has 1 fully saturated rings. The van der Waals surface area contributed by atoms with Crippen molar-refractivity contribution in [1.29, 1.82) is 0 Å². The van der Waals surface area contributed by atoms with E-state index in [4.69, 9.17) is 11.5 Å². The third-order valence-corrected chi connectivity index (χ3v) is 8.22. The van der Waals surface area contributed by atoms with Crippen molar-refractivity contribution in [3.05, 3.63) is 69.8 Å². The minimum Gasteiger partial charge on any atom is -0.387 e. The Morgan fingerprint density at radius 1 is 1.21 bits per heavy atom. The van der Waals surface area contributed by atoms with Crippen LogP contribution >= 0.6 is 11.8 Å². The summed E-state index contributed by atoms with van der Waals surface area (Å²) in [5.41, 5.74) is 16.1. The van der Waals surface area contributed by atoms with E-state index in [0.29, 0.717) is 16.5 Å². The third kappa shape index (κ3) is 3.97. The zero-order chi connectivity index (χ0) is 24.0. The molecule has 1 spiro atoms. The highest BCUT2D eigenvalue weighted by Gasteiger charge is 2.46. The average Bonchev–Trinajstić information content (AvgIpc) is 3.09. The van der Waals surface area contributed by atoms with Gasteiger partial charge in [-0.3, -0.25) is 4.79 Å². The Balaban J connectivity index is 1.38. The number of hydrogen-bond donors (Lipinski definition) is 3. The zero-order valence-electron chi connectivity index (χ0n) is 19.4. The largest absolute Gasteiger partial charge is 0.387 e. The summed E-state index contributed by atoms with van der Waals surface area (Å²) in [7, 11) is 1.70. The number of rotatable bonds is 4. The van der Waals surface area contributed by atoms with E-state index in [1.54, 1.807) is 20.2 Å². The molecule has 5 rings (SSSR count). The van der Waals surface area contributed by atoms with E-state index in [0.717, 1.165) is 37.2 Å². The number of aryl methyl sites for hydroxylation is 1. The first-order chi connectivity index (χ1) is 16.3. The monoisotopic (exact) mass is 478 g/mol. The van der Waals surface area contributed by atoms with Crippen molar-refractivity contribution in [2.45, 2.75) is 48.3 Å². The predicted octanol–water partition coefficient (Wildman–Crippen LogP) is 2.80. The van der Waals surface area contributed by atoms with Gasteiger partial charge in [0.15, 0.2) is 11.6 Å². The number of fused-ring (bicyclic) bond motifs is 1. The van der Waals surface area contributed by atoms with Crippen LogP contribution in [0.1, 0.15) is 48.7 Å². The van der Waals surface area contributed by atoms with Crippen LogP contribution in [0.4, 0.5) is 11.6 Å². The van der Waals surface area contributed by atoms with E-state index < -0.39 is 6.10 Å². The van der Waals surface area contributed by atoms with Gasteiger partial charge in [0.05, 0.1) is 6.10 Å². The fourth-order valence-corrected chi connectivity index (χ4v) is 6.00. The highest BCUT2D eigenvalue weighted by atomic mass is 32.2. The number of aliphatic hydroxyl groups is 1. The topological polar surface area (TPSA) is 123 Å². The van der Waals surface area contributed by atoms with Crippen molar-refractivity contribution < 1.29 is 5.11 Å². The van der Waals surface area contributed by atoms with Gasteiger partial charge in [-0.05, 0) is 48.8 Å². The van der Waals surface area contributed by atoms with Crippen LogP contribution in [0, 0.1) is 5.41 Å². The second-order valence-corrected chi connectivity index (χ2v) is 10.5. The lowest BCUT2D eigenvalue weighted by molar-refractivity contribution is 0.182. The highest BCUT2D eigenvalue weighted by molar-refractivity contribution is 7.99. The molecule has 34 heavy (non-hydrogen) atoms. The fraction of sp³-hybridized carbons (Fsp3) is 0.400. The molecule has 0 radical (unpaired) electrons. The van der Waals surface area contributed by atoms with Crippen molar-refractivity contribution >= 4 is 23.4 Å². The molecule has 3 aromatic rings. The van der Waals surface area contributed by atoms with Crippen LogP contribution in [0.15, 0.2) is 57.3 Å². The van der Waals surface area contributed by atoms with Crippen LogP contribution in [-0.4, -0.2) is 32.7 Å². The summed E-state index contributed by atoms with van der Waals surface area (Å²) in [6.45, 7) is 3.23. The Labute approximate surface area is 203 Å². The lowest BCUT2D eigenvalue weighted by Crippen LogP contribution is -2.45. The number of piperidine rings is 1. The Bertz CT molecular complexity index is 1280. The minimum atomic E-state index is -0.806. The van der Waals surface area contributed by atoms with Crippen molar-refractivity contribution in [1.82, 2.24) is 14.5 Å². The lowest BCUT2D eigenvalue weighted by Gasteiger charge is -2.43. The van der Waals surface area contributed by atoms with Crippen LogP contribution in [0.3, 0.4) is 0 Å². The van der Waals surface area contributed by atoms with E-state index in [1.807, 2.05) is 6.07 Å².